The number of rotatable bonds is 6. The Morgan fingerprint density at radius 1 is 1.17 bits per heavy atom. The summed E-state index contributed by atoms with van der Waals surface area (Å²) in [6.45, 7) is -0.413. The van der Waals surface area contributed by atoms with Crippen LogP contribution in [0.25, 0.3) is 11.3 Å². The Morgan fingerprint density at radius 3 is 2.55 bits per heavy atom. The van der Waals surface area contributed by atoms with Crippen molar-refractivity contribution in [2.45, 2.75) is 6.18 Å². The molecule has 29 heavy (non-hydrogen) atoms. The molecule has 0 atom stereocenters. The number of nitrogens with zero attached hydrogens (tertiary/aromatic N) is 1. The zero-order valence-electron chi connectivity index (χ0n) is 14.9. The summed E-state index contributed by atoms with van der Waals surface area (Å²) in [5, 5.41) is 4.40. The lowest BCUT2D eigenvalue weighted by molar-refractivity contribution is -0.137. The molecule has 0 saturated carbocycles. The molecular weight excluding hydrogens is 412 g/mol. The van der Waals surface area contributed by atoms with Crippen LogP contribution in [0.15, 0.2) is 47.8 Å². The average molecular weight is 426 g/mol. The summed E-state index contributed by atoms with van der Waals surface area (Å²) in [6.07, 6.45) is -4.44. The minimum atomic E-state index is -4.44. The molecule has 0 bridgehead atoms. The van der Waals surface area contributed by atoms with Crippen LogP contribution >= 0.6 is 11.3 Å². The maximum Gasteiger partial charge on any atom is 0.416 e. The second kappa shape index (κ2) is 8.48. The lowest BCUT2D eigenvalue weighted by Crippen LogP contribution is -2.20. The van der Waals surface area contributed by atoms with Gasteiger partial charge in [-0.05, 0) is 42.5 Å². The molecule has 152 valence electrons. The highest BCUT2D eigenvalue weighted by atomic mass is 32.1. The average Bonchev–Trinajstić information content (AvgIpc) is 3.14. The van der Waals surface area contributed by atoms with Gasteiger partial charge in [-0.1, -0.05) is 0 Å². The van der Waals surface area contributed by atoms with Crippen LogP contribution in [-0.4, -0.2) is 24.6 Å². The van der Waals surface area contributed by atoms with Crippen LogP contribution in [0.4, 0.5) is 22.7 Å². The van der Waals surface area contributed by atoms with Crippen LogP contribution in [0.3, 0.4) is 0 Å². The standard InChI is InChI=1S/C19H14F4N2O3S/c1-27-16-7-4-12(20)8-14(16)15-10-29-18(24-15)25-17(26)9-28-13-5-2-11(3-6-13)19(21,22)23/h2-8,10H,9H2,1H3,(H,24,25,26). The molecule has 3 aromatic rings. The number of alkyl halides is 3. The fourth-order valence-electron chi connectivity index (χ4n) is 2.38. The number of benzene rings is 2. The molecule has 2 aromatic carbocycles. The third-order valence-corrected chi connectivity index (χ3v) is 4.50. The van der Waals surface area contributed by atoms with Gasteiger partial charge in [-0.25, -0.2) is 9.37 Å². The summed E-state index contributed by atoms with van der Waals surface area (Å²) in [4.78, 5) is 16.2. The highest BCUT2D eigenvalue weighted by Crippen LogP contribution is 2.33. The third-order valence-electron chi connectivity index (χ3n) is 3.74. The number of ether oxygens (including phenoxy) is 2. The normalized spacial score (nSPS) is 11.2. The number of aromatic nitrogens is 1. The summed E-state index contributed by atoms with van der Waals surface area (Å²) in [6, 6.07) is 8.00. The fourth-order valence-corrected chi connectivity index (χ4v) is 3.11. The second-order valence-electron chi connectivity index (χ2n) is 5.74. The Balaban J connectivity index is 1.60. The molecule has 0 unspecified atom stereocenters. The topological polar surface area (TPSA) is 60.5 Å². The summed E-state index contributed by atoms with van der Waals surface area (Å²) < 4.78 is 61.5. The molecule has 0 fully saturated rings. The van der Waals surface area contributed by atoms with Crippen molar-refractivity contribution < 1.29 is 31.8 Å². The second-order valence-corrected chi connectivity index (χ2v) is 6.60. The van der Waals surface area contributed by atoms with Crippen molar-refractivity contribution in [2.24, 2.45) is 0 Å². The van der Waals surface area contributed by atoms with Gasteiger partial charge in [-0.3, -0.25) is 10.1 Å². The summed E-state index contributed by atoms with van der Waals surface area (Å²) >= 11 is 1.12. The van der Waals surface area contributed by atoms with Crippen LogP contribution in [0.2, 0.25) is 0 Å². The minimum Gasteiger partial charge on any atom is -0.496 e. The van der Waals surface area contributed by atoms with E-state index in [0.29, 0.717) is 17.0 Å². The zero-order valence-corrected chi connectivity index (χ0v) is 15.7. The van der Waals surface area contributed by atoms with Gasteiger partial charge in [0.15, 0.2) is 11.7 Å². The Kier molecular flexibility index (Phi) is 6.02. The van der Waals surface area contributed by atoms with Crippen molar-refractivity contribution in [1.82, 2.24) is 4.98 Å². The first kappa shape index (κ1) is 20.6. The Bertz CT molecular complexity index is 1000. The lowest BCUT2D eigenvalue weighted by Gasteiger charge is -2.09. The van der Waals surface area contributed by atoms with Gasteiger partial charge in [-0.2, -0.15) is 13.2 Å². The number of halogens is 4. The summed E-state index contributed by atoms with van der Waals surface area (Å²) in [7, 11) is 1.45. The number of amides is 1. The highest BCUT2D eigenvalue weighted by Gasteiger charge is 2.30. The first-order valence-corrected chi connectivity index (χ1v) is 9.03. The summed E-state index contributed by atoms with van der Waals surface area (Å²) in [5.74, 6) is -0.445. The van der Waals surface area contributed by atoms with E-state index in [9.17, 15) is 22.4 Å². The molecule has 0 aliphatic heterocycles. The van der Waals surface area contributed by atoms with E-state index in [1.807, 2.05) is 0 Å². The SMILES string of the molecule is COc1ccc(F)cc1-c1csc(NC(=O)COc2ccc(C(F)(F)F)cc2)n1. The molecule has 0 saturated heterocycles. The predicted octanol–water partition coefficient (Wildman–Crippen LogP) is 4.99. The monoisotopic (exact) mass is 426 g/mol. The Labute approximate surface area is 166 Å². The number of carbonyl (C=O) groups is 1. The number of hydrogen-bond donors (Lipinski definition) is 1. The number of carbonyl (C=O) groups excluding carboxylic acids is 1. The molecule has 1 N–H and O–H groups in total. The van der Waals surface area contributed by atoms with Crippen molar-refractivity contribution >= 4 is 22.4 Å². The lowest BCUT2D eigenvalue weighted by atomic mass is 10.1. The molecule has 0 spiro atoms. The summed E-state index contributed by atoms with van der Waals surface area (Å²) in [5.41, 5.74) is 0.0490. The van der Waals surface area contributed by atoms with Crippen molar-refractivity contribution in [3.8, 4) is 22.8 Å². The molecule has 5 nitrogen and oxygen atoms in total. The van der Waals surface area contributed by atoms with E-state index >= 15 is 0 Å². The minimum absolute atomic E-state index is 0.123. The van der Waals surface area contributed by atoms with Gasteiger partial charge < -0.3 is 9.47 Å². The van der Waals surface area contributed by atoms with Gasteiger partial charge >= 0.3 is 6.18 Å². The van der Waals surface area contributed by atoms with Gasteiger partial charge in [0.05, 0.1) is 18.4 Å². The maximum absolute atomic E-state index is 13.5. The number of methoxy groups -OCH3 is 1. The van der Waals surface area contributed by atoms with E-state index < -0.39 is 30.1 Å². The Morgan fingerprint density at radius 2 is 1.90 bits per heavy atom. The van der Waals surface area contributed by atoms with Crippen molar-refractivity contribution in [2.75, 3.05) is 19.0 Å². The van der Waals surface area contributed by atoms with Crippen LogP contribution in [-0.2, 0) is 11.0 Å². The highest BCUT2D eigenvalue weighted by molar-refractivity contribution is 7.14. The van der Waals surface area contributed by atoms with Crippen molar-refractivity contribution in [3.63, 3.8) is 0 Å². The van der Waals surface area contributed by atoms with Gasteiger partial charge in [0.2, 0.25) is 0 Å². The van der Waals surface area contributed by atoms with Crippen molar-refractivity contribution in [3.05, 3.63) is 59.2 Å². The maximum atomic E-state index is 13.5. The third kappa shape index (κ3) is 5.23. The van der Waals surface area contributed by atoms with Crippen LogP contribution in [0.1, 0.15) is 5.56 Å². The molecular formula is C19H14F4N2O3S. The van der Waals surface area contributed by atoms with Gasteiger partial charge in [0, 0.05) is 10.9 Å². The number of nitrogens with one attached hydrogen (secondary N) is 1. The fraction of sp³-hybridized carbons (Fsp3) is 0.158. The molecule has 3 rings (SSSR count). The van der Waals surface area contributed by atoms with Crippen LogP contribution < -0.4 is 14.8 Å². The molecule has 0 radical (unpaired) electrons. The molecule has 0 aliphatic carbocycles. The van der Waals surface area contributed by atoms with E-state index in [-0.39, 0.29) is 10.9 Å². The molecule has 1 amide bonds. The first-order chi connectivity index (χ1) is 13.8. The molecule has 1 aromatic heterocycles. The zero-order chi connectivity index (χ0) is 21.0. The van der Waals surface area contributed by atoms with Gasteiger partial charge in [0.25, 0.3) is 5.91 Å². The van der Waals surface area contributed by atoms with E-state index in [4.69, 9.17) is 9.47 Å². The number of thiazole rings is 1. The molecule has 10 heteroatoms. The number of hydrogen-bond acceptors (Lipinski definition) is 5. The smallest absolute Gasteiger partial charge is 0.416 e. The van der Waals surface area contributed by atoms with Gasteiger partial charge in [-0.15, -0.1) is 11.3 Å². The van der Waals surface area contributed by atoms with E-state index in [2.05, 4.69) is 10.3 Å². The Hall–Kier alpha value is -3.14. The van der Waals surface area contributed by atoms with Gasteiger partial charge in [0.1, 0.15) is 17.3 Å². The van der Waals surface area contributed by atoms with Crippen LogP contribution in [0.5, 0.6) is 11.5 Å². The first-order valence-electron chi connectivity index (χ1n) is 8.15. The molecule has 0 aliphatic rings. The van der Waals surface area contributed by atoms with E-state index in [1.54, 1.807) is 5.38 Å². The van der Waals surface area contributed by atoms with Crippen molar-refractivity contribution in [1.29, 1.82) is 0 Å². The quantitative estimate of drug-likeness (QED) is 0.564. The van der Waals surface area contributed by atoms with E-state index in [0.717, 1.165) is 35.6 Å². The number of anilines is 1. The predicted molar refractivity (Wildman–Crippen MR) is 99.6 cm³/mol. The molecule has 1 heterocycles. The van der Waals surface area contributed by atoms with Crippen LogP contribution in [0, 0.1) is 5.82 Å². The van der Waals surface area contributed by atoms with E-state index in [1.165, 1.54) is 25.3 Å². The largest absolute Gasteiger partial charge is 0.496 e.